The van der Waals surface area contributed by atoms with Crippen molar-refractivity contribution in [2.75, 3.05) is 5.32 Å². The van der Waals surface area contributed by atoms with Crippen LogP contribution >= 0.6 is 34.5 Å². The van der Waals surface area contributed by atoms with Crippen LogP contribution in [0.1, 0.15) is 12.2 Å². The van der Waals surface area contributed by atoms with Gasteiger partial charge in [0.05, 0.1) is 23.0 Å². The molecule has 1 aromatic carbocycles. The molecular weight excluding hydrogens is 415 g/mol. The second-order valence-corrected chi connectivity index (χ2v) is 7.54. The van der Waals surface area contributed by atoms with Crippen LogP contribution in [0.2, 0.25) is 10.0 Å². The van der Waals surface area contributed by atoms with Crippen molar-refractivity contribution in [2.24, 2.45) is 0 Å². The molecule has 1 N–H and O–H groups in total. The highest BCUT2D eigenvalue weighted by molar-refractivity contribution is 7.13. The summed E-state index contributed by atoms with van der Waals surface area (Å²) in [6.07, 6.45) is 5.70. The second-order valence-electron chi connectivity index (χ2n) is 5.83. The Bertz CT molecular complexity index is 940. The number of rotatable bonds is 4. The Morgan fingerprint density at radius 1 is 1.35 bits per heavy atom. The van der Waals surface area contributed by atoms with E-state index >= 15 is 0 Å². The molecule has 0 bridgehead atoms. The molecule has 0 aliphatic carbocycles. The first-order valence-electron chi connectivity index (χ1n) is 7.88. The fraction of sp³-hybridized carbons (Fsp3) is 0.235. The Morgan fingerprint density at radius 2 is 2.19 bits per heavy atom. The summed E-state index contributed by atoms with van der Waals surface area (Å²) in [6.45, 7) is 1.20. The summed E-state index contributed by atoms with van der Waals surface area (Å²) in [5.74, 6) is 1.07. The number of halogens is 3. The van der Waals surface area contributed by atoms with Crippen LogP contribution in [0.3, 0.4) is 0 Å². The second kappa shape index (κ2) is 7.96. The van der Waals surface area contributed by atoms with Crippen molar-refractivity contribution < 1.29 is 21.8 Å². The van der Waals surface area contributed by atoms with E-state index in [0.29, 0.717) is 15.2 Å². The smallest absolute Gasteiger partial charge is 0.268 e. The molecule has 0 atom stereocenters. The number of nitrogens with one attached hydrogen (secondary N) is 1. The zero-order valence-corrected chi connectivity index (χ0v) is 16.7. The molecule has 1 aliphatic rings. The van der Waals surface area contributed by atoms with Gasteiger partial charge in [0.2, 0.25) is 0 Å². The molecule has 9 heteroatoms. The molecule has 0 fully saturated rings. The first-order valence-corrected chi connectivity index (χ1v) is 9.52. The van der Waals surface area contributed by atoms with Gasteiger partial charge in [-0.2, -0.15) is 0 Å². The standard InChI is InChI=1S/C17H14Cl2N4OS.ClH/c18-12-4-3-11(8-13(12)19)14-9-22(16-2-1-6-23(14)16)10-15(24)21-17-20-5-7-25-17;/h3-5,7-9H,1-2,6,10H2;1H. The van der Waals surface area contributed by atoms with Gasteiger partial charge in [0, 0.05) is 17.1 Å². The van der Waals surface area contributed by atoms with Gasteiger partial charge in [-0.25, -0.2) is 14.1 Å². The van der Waals surface area contributed by atoms with Gasteiger partial charge in [0.15, 0.2) is 17.4 Å². The highest BCUT2D eigenvalue weighted by Crippen LogP contribution is 2.30. The van der Waals surface area contributed by atoms with Gasteiger partial charge in [-0.15, -0.1) is 11.3 Å². The fourth-order valence-corrected chi connectivity index (χ4v) is 3.97. The van der Waals surface area contributed by atoms with Crippen LogP contribution in [-0.4, -0.2) is 15.5 Å². The van der Waals surface area contributed by atoms with E-state index in [4.69, 9.17) is 23.2 Å². The lowest BCUT2D eigenvalue weighted by atomic mass is 10.1. The van der Waals surface area contributed by atoms with Crippen molar-refractivity contribution in [3.63, 3.8) is 0 Å². The van der Waals surface area contributed by atoms with Gasteiger partial charge in [-0.1, -0.05) is 23.2 Å². The Labute approximate surface area is 171 Å². The van der Waals surface area contributed by atoms with Crippen molar-refractivity contribution in [1.82, 2.24) is 9.55 Å². The van der Waals surface area contributed by atoms with Crippen molar-refractivity contribution in [1.29, 1.82) is 0 Å². The number of benzene rings is 1. The van der Waals surface area contributed by atoms with E-state index in [1.165, 1.54) is 11.3 Å². The number of carbonyl (C=O) groups is 1. The number of imidazole rings is 1. The Kier molecular flexibility index (Phi) is 5.87. The highest BCUT2D eigenvalue weighted by Gasteiger charge is 2.29. The van der Waals surface area contributed by atoms with Crippen molar-refractivity contribution >= 4 is 45.6 Å². The van der Waals surface area contributed by atoms with Crippen LogP contribution < -0.4 is 22.3 Å². The third kappa shape index (κ3) is 3.74. The lowest BCUT2D eigenvalue weighted by Gasteiger charge is -2.01. The van der Waals surface area contributed by atoms with E-state index in [-0.39, 0.29) is 24.9 Å². The number of hydrogen-bond donors (Lipinski definition) is 1. The number of fused-ring (bicyclic) bond motifs is 1. The monoisotopic (exact) mass is 428 g/mol. The van der Waals surface area contributed by atoms with Crippen LogP contribution in [0.15, 0.2) is 36.0 Å². The van der Waals surface area contributed by atoms with Gasteiger partial charge >= 0.3 is 0 Å². The third-order valence-corrected chi connectivity index (χ3v) is 5.63. The van der Waals surface area contributed by atoms with Crippen LogP contribution in [-0.2, 0) is 24.3 Å². The zero-order valence-electron chi connectivity index (χ0n) is 13.6. The van der Waals surface area contributed by atoms with E-state index in [1.807, 2.05) is 28.3 Å². The number of aromatic nitrogens is 3. The van der Waals surface area contributed by atoms with Crippen LogP contribution in [0.25, 0.3) is 11.3 Å². The largest absolute Gasteiger partial charge is 1.00 e. The topological polar surface area (TPSA) is 50.8 Å². The molecular formula is C17H15Cl3N4OS. The molecule has 3 aromatic rings. The van der Waals surface area contributed by atoms with Crippen molar-refractivity contribution in [3.05, 3.63) is 51.8 Å². The minimum Gasteiger partial charge on any atom is -1.00 e. The zero-order chi connectivity index (χ0) is 17.4. The Hall–Kier alpha value is -1.60. The van der Waals surface area contributed by atoms with Crippen molar-refractivity contribution in [3.8, 4) is 11.3 Å². The molecule has 0 saturated heterocycles. The average molecular weight is 430 g/mol. The van der Waals surface area contributed by atoms with Gasteiger partial charge < -0.3 is 12.4 Å². The predicted octanol–water partition coefficient (Wildman–Crippen LogP) is 0.795. The fourth-order valence-electron chi connectivity index (χ4n) is 3.13. The Balaban J connectivity index is 0.00000196. The van der Waals surface area contributed by atoms with Gasteiger partial charge in [-0.05, 0) is 24.6 Å². The molecule has 5 nitrogen and oxygen atoms in total. The summed E-state index contributed by atoms with van der Waals surface area (Å²) in [4.78, 5) is 16.4. The van der Waals surface area contributed by atoms with E-state index in [2.05, 4.69) is 14.9 Å². The van der Waals surface area contributed by atoms with Gasteiger partial charge in [0.1, 0.15) is 6.20 Å². The molecule has 0 saturated carbocycles. The predicted molar refractivity (Wildman–Crippen MR) is 99.1 cm³/mol. The number of amides is 1. The maximum atomic E-state index is 12.3. The van der Waals surface area contributed by atoms with E-state index < -0.39 is 0 Å². The minimum absolute atomic E-state index is 0. The highest BCUT2D eigenvalue weighted by atomic mass is 35.5. The van der Waals surface area contributed by atoms with Crippen LogP contribution in [0.4, 0.5) is 5.13 Å². The average Bonchev–Trinajstić information content (AvgIpc) is 3.29. The van der Waals surface area contributed by atoms with Crippen molar-refractivity contribution in [2.45, 2.75) is 25.9 Å². The number of hydrogen-bond acceptors (Lipinski definition) is 3. The summed E-state index contributed by atoms with van der Waals surface area (Å²) >= 11 is 13.6. The molecule has 1 aliphatic heterocycles. The normalized spacial score (nSPS) is 12.5. The van der Waals surface area contributed by atoms with Gasteiger partial charge in [0.25, 0.3) is 11.7 Å². The summed E-state index contributed by atoms with van der Waals surface area (Å²) in [7, 11) is 0. The summed E-state index contributed by atoms with van der Waals surface area (Å²) in [5, 5.41) is 6.34. The molecule has 136 valence electrons. The quantitative estimate of drug-likeness (QED) is 0.624. The Morgan fingerprint density at radius 3 is 2.92 bits per heavy atom. The molecule has 3 heterocycles. The lowest BCUT2D eigenvalue weighted by Crippen LogP contribution is -3.00. The summed E-state index contributed by atoms with van der Waals surface area (Å²) in [6, 6.07) is 5.62. The SMILES string of the molecule is O=C(C[n+]1cc(-c2ccc(Cl)c(Cl)c2)n2c1CCC2)Nc1nccs1.[Cl-]. The van der Waals surface area contributed by atoms with Gasteiger partial charge in [-0.3, -0.25) is 10.1 Å². The summed E-state index contributed by atoms with van der Waals surface area (Å²) < 4.78 is 4.25. The third-order valence-electron chi connectivity index (χ3n) is 4.20. The molecule has 26 heavy (non-hydrogen) atoms. The maximum Gasteiger partial charge on any atom is 0.268 e. The first kappa shape index (κ1) is 19.2. The maximum absolute atomic E-state index is 12.3. The number of anilines is 1. The number of nitrogens with zero attached hydrogens (tertiary/aromatic N) is 3. The minimum atomic E-state index is -0.0825. The van der Waals surface area contributed by atoms with E-state index in [9.17, 15) is 4.79 Å². The molecule has 2 aromatic heterocycles. The van der Waals surface area contributed by atoms with Crippen LogP contribution in [0.5, 0.6) is 0 Å². The molecule has 4 rings (SSSR count). The van der Waals surface area contributed by atoms with E-state index in [0.717, 1.165) is 36.5 Å². The van der Waals surface area contributed by atoms with Crippen LogP contribution in [0, 0.1) is 0 Å². The number of carbonyl (C=O) groups excluding carboxylic acids is 1. The first-order chi connectivity index (χ1) is 12.1. The molecule has 0 spiro atoms. The molecule has 0 unspecified atom stereocenters. The lowest BCUT2D eigenvalue weighted by molar-refractivity contribution is -0.690. The van der Waals surface area contributed by atoms with E-state index in [1.54, 1.807) is 12.3 Å². The molecule has 0 radical (unpaired) electrons. The molecule has 1 amide bonds. The summed E-state index contributed by atoms with van der Waals surface area (Å²) in [5.41, 5.74) is 2.05. The number of thiazole rings is 1.